The molecule has 1 N–H and O–H groups in total. The summed E-state index contributed by atoms with van der Waals surface area (Å²) in [6, 6.07) is 18.8. The molecule has 36 heavy (non-hydrogen) atoms. The molecule has 186 valence electrons. The van der Waals surface area contributed by atoms with E-state index >= 15 is 0 Å². The number of hydrogen-bond acceptors (Lipinski definition) is 5. The fraction of sp³-hybridized carbons (Fsp3) is 0.241. The highest BCUT2D eigenvalue weighted by atomic mass is 35.5. The van der Waals surface area contributed by atoms with Gasteiger partial charge in [-0.1, -0.05) is 74.8 Å². The van der Waals surface area contributed by atoms with Crippen LogP contribution in [0.3, 0.4) is 0 Å². The number of halogens is 1. The van der Waals surface area contributed by atoms with E-state index in [1.54, 1.807) is 24.3 Å². The van der Waals surface area contributed by atoms with Crippen LogP contribution < -0.4 is 14.4 Å². The molecule has 6 nitrogen and oxygen atoms in total. The van der Waals surface area contributed by atoms with E-state index in [2.05, 4.69) is 20.8 Å². The van der Waals surface area contributed by atoms with Crippen molar-refractivity contribution in [3.05, 3.63) is 94.0 Å². The van der Waals surface area contributed by atoms with Gasteiger partial charge in [0.15, 0.2) is 0 Å². The molecule has 0 aliphatic carbocycles. The number of aliphatic hydroxyl groups excluding tert-OH is 1. The quantitative estimate of drug-likeness (QED) is 0.251. The molecule has 1 fully saturated rings. The molecule has 7 heteroatoms. The number of ketones is 1. The third-order valence-electron chi connectivity index (χ3n) is 6.30. The van der Waals surface area contributed by atoms with Crippen molar-refractivity contribution in [1.29, 1.82) is 0 Å². The molecule has 1 atom stereocenters. The van der Waals surface area contributed by atoms with Crippen molar-refractivity contribution in [1.82, 2.24) is 0 Å². The number of amides is 1. The molecule has 4 rings (SSSR count). The lowest BCUT2D eigenvalue weighted by Crippen LogP contribution is -2.29. The Morgan fingerprint density at radius 2 is 1.53 bits per heavy atom. The second-order valence-electron chi connectivity index (χ2n) is 9.56. The van der Waals surface area contributed by atoms with E-state index in [0.29, 0.717) is 17.0 Å². The minimum Gasteiger partial charge on any atom is -0.507 e. The Labute approximate surface area is 215 Å². The lowest BCUT2D eigenvalue weighted by Gasteiger charge is -2.26. The predicted molar refractivity (Wildman–Crippen MR) is 141 cm³/mol. The average molecular weight is 506 g/mol. The summed E-state index contributed by atoms with van der Waals surface area (Å²) in [6.07, 6.45) is 0. The van der Waals surface area contributed by atoms with Crippen molar-refractivity contribution in [3.8, 4) is 11.5 Å². The number of carbonyl (C=O) groups is 2. The minimum atomic E-state index is -0.855. The van der Waals surface area contributed by atoms with Crippen molar-refractivity contribution in [2.45, 2.75) is 32.2 Å². The van der Waals surface area contributed by atoms with Crippen LogP contribution in [0.2, 0.25) is 5.02 Å². The van der Waals surface area contributed by atoms with Crippen molar-refractivity contribution in [3.63, 3.8) is 0 Å². The number of Topliss-reactive ketones (excluding diaryl/α,β-unsaturated/α-hetero) is 1. The first-order valence-electron chi connectivity index (χ1n) is 11.5. The van der Waals surface area contributed by atoms with Crippen LogP contribution in [0, 0.1) is 0 Å². The summed E-state index contributed by atoms with van der Waals surface area (Å²) in [7, 11) is 2.90. The van der Waals surface area contributed by atoms with Gasteiger partial charge in [-0.25, -0.2) is 0 Å². The highest BCUT2D eigenvalue weighted by molar-refractivity contribution is 6.51. The molecule has 0 aromatic heterocycles. The van der Waals surface area contributed by atoms with E-state index in [1.165, 1.54) is 31.3 Å². The van der Waals surface area contributed by atoms with Crippen LogP contribution in [0.15, 0.2) is 72.3 Å². The zero-order valence-corrected chi connectivity index (χ0v) is 21.6. The fourth-order valence-corrected chi connectivity index (χ4v) is 4.60. The molecule has 0 radical (unpaired) electrons. The number of methoxy groups -OCH3 is 2. The van der Waals surface area contributed by atoms with E-state index in [1.807, 2.05) is 30.3 Å². The molecule has 0 spiro atoms. The number of benzene rings is 3. The van der Waals surface area contributed by atoms with Crippen LogP contribution in [0.1, 0.15) is 43.5 Å². The van der Waals surface area contributed by atoms with Crippen LogP contribution >= 0.6 is 11.6 Å². The molecule has 1 aliphatic rings. The number of rotatable bonds is 5. The number of nitrogens with zero attached hydrogens (tertiary/aromatic N) is 1. The van der Waals surface area contributed by atoms with Crippen LogP contribution in [0.5, 0.6) is 11.5 Å². The van der Waals surface area contributed by atoms with Crippen LogP contribution in [-0.4, -0.2) is 31.0 Å². The van der Waals surface area contributed by atoms with Gasteiger partial charge in [0.05, 0.1) is 36.4 Å². The molecule has 0 saturated carbocycles. The summed E-state index contributed by atoms with van der Waals surface area (Å²) >= 11 is 6.34. The van der Waals surface area contributed by atoms with Gasteiger partial charge in [-0.3, -0.25) is 14.5 Å². The Balaban J connectivity index is 1.97. The van der Waals surface area contributed by atoms with Gasteiger partial charge < -0.3 is 14.6 Å². The zero-order chi connectivity index (χ0) is 26.2. The lowest BCUT2D eigenvalue weighted by atomic mass is 9.85. The maximum atomic E-state index is 13.4. The Hall–Kier alpha value is -3.77. The molecule has 1 amide bonds. The zero-order valence-electron chi connectivity index (χ0n) is 20.8. The first-order chi connectivity index (χ1) is 17.1. The standard InChI is InChI=1S/C29H28ClNO5/c1-29(2,3)18-13-11-17(12-14-18)25-24(27(33)28(34)31(25)19-9-7-6-8-10-19)26(32)20-15-21(30)23(36-5)16-22(20)35-4/h6-16,25,32H,1-5H3/b26-24+. The summed E-state index contributed by atoms with van der Waals surface area (Å²) in [5.74, 6) is -1.30. The maximum absolute atomic E-state index is 13.4. The fourth-order valence-electron chi connectivity index (χ4n) is 4.36. The highest BCUT2D eigenvalue weighted by Gasteiger charge is 2.47. The molecule has 0 bridgehead atoms. The summed E-state index contributed by atoms with van der Waals surface area (Å²) in [5.41, 5.74) is 2.39. The second kappa shape index (κ2) is 9.70. The van der Waals surface area contributed by atoms with Crippen LogP contribution in [0.25, 0.3) is 5.76 Å². The summed E-state index contributed by atoms with van der Waals surface area (Å²) in [4.78, 5) is 28.2. The Bertz CT molecular complexity index is 1340. The van der Waals surface area contributed by atoms with E-state index in [0.717, 1.165) is 5.56 Å². The SMILES string of the molecule is COc1cc(OC)c(/C(O)=C2\C(=O)C(=O)N(c3ccccc3)C2c2ccc(C(C)(C)C)cc2)cc1Cl. The van der Waals surface area contributed by atoms with Gasteiger partial charge >= 0.3 is 0 Å². The van der Waals surface area contributed by atoms with E-state index < -0.39 is 17.7 Å². The number of carbonyl (C=O) groups excluding carboxylic acids is 2. The molecular weight excluding hydrogens is 478 g/mol. The maximum Gasteiger partial charge on any atom is 0.300 e. The van der Waals surface area contributed by atoms with Crippen LogP contribution in [-0.2, 0) is 15.0 Å². The average Bonchev–Trinajstić information content (AvgIpc) is 3.13. The Kier molecular flexibility index (Phi) is 6.83. The molecule has 1 saturated heterocycles. The molecule has 1 aliphatic heterocycles. The second-order valence-corrected chi connectivity index (χ2v) is 9.97. The van der Waals surface area contributed by atoms with Gasteiger partial charge in [0.1, 0.15) is 17.3 Å². The minimum absolute atomic E-state index is 0.0492. The predicted octanol–water partition coefficient (Wildman–Crippen LogP) is 6.28. The molecular formula is C29H28ClNO5. The van der Waals surface area contributed by atoms with E-state index in [9.17, 15) is 14.7 Å². The number of para-hydroxylation sites is 1. The number of hydrogen-bond donors (Lipinski definition) is 1. The Morgan fingerprint density at radius 3 is 2.08 bits per heavy atom. The third-order valence-corrected chi connectivity index (χ3v) is 6.60. The highest BCUT2D eigenvalue weighted by Crippen LogP contribution is 2.45. The first-order valence-corrected chi connectivity index (χ1v) is 11.8. The van der Waals surface area contributed by atoms with Gasteiger partial charge in [0, 0.05) is 11.8 Å². The topological polar surface area (TPSA) is 76.1 Å². The van der Waals surface area contributed by atoms with Crippen LogP contribution in [0.4, 0.5) is 5.69 Å². The summed E-state index contributed by atoms with van der Waals surface area (Å²) in [5, 5.41) is 11.7. The monoisotopic (exact) mass is 505 g/mol. The first kappa shape index (κ1) is 25.3. The molecule has 3 aromatic rings. The number of aliphatic hydroxyl groups is 1. The van der Waals surface area contributed by atoms with Gasteiger partial charge in [-0.15, -0.1) is 0 Å². The van der Waals surface area contributed by atoms with Crippen molar-refractivity contribution in [2.24, 2.45) is 0 Å². The van der Waals surface area contributed by atoms with Gasteiger partial charge in [0.2, 0.25) is 0 Å². The third kappa shape index (κ3) is 4.44. The largest absolute Gasteiger partial charge is 0.507 e. The normalized spacial score (nSPS) is 17.4. The molecule has 1 heterocycles. The van der Waals surface area contributed by atoms with E-state index in [-0.39, 0.29) is 33.1 Å². The van der Waals surface area contributed by atoms with Crippen molar-refractivity contribution < 1.29 is 24.2 Å². The number of anilines is 1. The van der Waals surface area contributed by atoms with Crippen molar-refractivity contribution >= 4 is 34.7 Å². The lowest BCUT2D eigenvalue weighted by molar-refractivity contribution is -0.132. The van der Waals surface area contributed by atoms with E-state index in [4.69, 9.17) is 21.1 Å². The summed E-state index contributed by atoms with van der Waals surface area (Å²) in [6.45, 7) is 6.33. The van der Waals surface area contributed by atoms with Gasteiger partial charge in [0.25, 0.3) is 11.7 Å². The van der Waals surface area contributed by atoms with Crippen molar-refractivity contribution in [2.75, 3.05) is 19.1 Å². The van der Waals surface area contributed by atoms with Gasteiger partial charge in [-0.2, -0.15) is 0 Å². The Morgan fingerprint density at radius 1 is 0.917 bits per heavy atom. The van der Waals surface area contributed by atoms with Gasteiger partial charge in [-0.05, 0) is 34.7 Å². The smallest absolute Gasteiger partial charge is 0.300 e. The summed E-state index contributed by atoms with van der Waals surface area (Å²) < 4.78 is 10.7. The number of ether oxygens (including phenoxy) is 2. The molecule has 3 aromatic carbocycles. The molecule has 1 unspecified atom stereocenters.